The van der Waals surface area contributed by atoms with Crippen LogP contribution >= 0.6 is 0 Å². The Morgan fingerprint density at radius 3 is 2.45 bits per heavy atom. The van der Waals surface area contributed by atoms with Crippen molar-refractivity contribution in [2.24, 2.45) is 0 Å². The largest absolute Gasteiger partial charge is 0.337 e. The normalized spacial score (nSPS) is 13.5. The molecule has 0 bridgehead atoms. The van der Waals surface area contributed by atoms with Crippen molar-refractivity contribution in [1.82, 2.24) is 0 Å². The zero-order valence-electron chi connectivity index (χ0n) is 11.2. The van der Waals surface area contributed by atoms with E-state index in [4.69, 9.17) is 0 Å². The molecule has 20 heavy (non-hydrogen) atoms. The van der Waals surface area contributed by atoms with E-state index in [2.05, 4.69) is 83.8 Å². The first kappa shape index (κ1) is 11.3. The first-order valence-corrected chi connectivity index (χ1v) is 6.94. The molecule has 1 heterocycles. The summed E-state index contributed by atoms with van der Waals surface area (Å²) >= 11 is 0. The van der Waals surface area contributed by atoms with Crippen molar-refractivity contribution in [3.8, 4) is 0 Å². The molecule has 0 aromatic heterocycles. The zero-order chi connectivity index (χ0) is 13.4. The lowest BCUT2D eigenvalue weighted by Crippen LogP contribution is -2.20. The van der Waals surface area contributed by atoms with Gasteiger partial charge in [0.1, 0.15) is 0 Å². The van der Waals surface area contributed by atoms with Gasteiger partial charge in [0, 0.05) is 17.6 Å². The molecule has 0 N–H and O–H groups in total. The molecule has 0 amide bonds. The fourth-order valence-electron chi connectivity index (χ4n) is 2.93. The Balaban J connectivity index is 2.00. The maximum atomic E-state index is 2.39. The maximum Gasteiger partial charge on any atom is 0.0566 e. The third-order valence-electron chi connectivity index (χ3n) is 3.85. The Morgan fingerprint density at radius 2 is 1.55 bits per heavy atom. The monoisotopic (exact) mass is 257 g/mol. The highest BCUT2D eigenvalue weighted by molar-refractivity contribution is 6.01. The number of anilines is 2. The van der Waals surface area contributed by atoms with Crippen LogP contribution in [0, 0.1) is 0 Å². The molecule has 3 aromatic rings. The average Bonchev–Trinajstić information content (AvgIpc) is 2.55. The van der Waals surface area contributed by atoms with E-state index in [1.807, 2.05) is 0 Å². The van der Waals surface area contributed by atoms with E-state index in [0.717, 1.165) is 6.54 Å². The van der Waals surface area contributed by atoms with Crippen LogP contribution in [0.4, 0.5) is 11.4 Å². The lowest BCUT2D eigenvalue weighted by Gasteiger charge is -2.29. The molecule has 4 rings (SSSR count). The summed E-state index contributed by atoms with van der Waals surface area (Å²) in [7, 11) is 0. The standard InChI is InChI=1S/C19H15N/c1-2-9-17(10-3-1)20-14-6-8-16-13-12-15-7-4-5-11-18(15)19(16)20/h1-13H,14H2. The zero-order valence-corrected chi connectivity index (χ0v) is 11.2. The van der Waals surface area contributed by atoms with Gasteiger partial charge in [0.25, 0.3) is 0 Å². The quantitative estimate of drug-likeness (QED) is 0.592. The maximum absolute atomic E-state index is 2.39. The Hall–Kier alpha value is -2.54. The fraction of sp³-hybridized carbons (Fsp3) is 0.0526. The highest BCUT2D eigenvalue weighted by Gasteiger charge is 2.17. The van der Waals surface area contributed by atoms with E-state index in [-0.39, 0.29) is 0 Å². The molecule has 0 fully saturated rings. The van der Waals surface area contributed by atoms with E-state index >= 15 is 0 Å². The van der Waals surface area contributed by atoms with Gasteiger partial charge in [0.2, 0.25) is 0 Å². The highest BCUT2D eigenvalue weighted by Crippen LogP contribution is 2.38. The lowest BCUT2D eigenvalue weighted by atomic mass is 9.99. The molecule has 0 aliphatic carbocycles. The summed E-state index contributed by atoms with van der Waals surface area (Å²) in [5, 5.41) is 2.61. The number of rotatable bonds is 1. The van der Waals surface area contributed by atoms with Crippen molar-refractivity contribution in [1.29, 1.82) is 0 Å². The van der Waals surface area contributed by atoms with Crippen LogP contribution in [-0.2, 0) is 0 Å². The minimum atomic E-state index is 0.922. The van der Waals surface area contributed by atoms with Crippen molar-refractivity contribution in [3.05, 3.63) is 78.4 Å². The molecular weight excluding hydrogens is 242 g/mol. The summed E-state index contributed by atoms with van der Waals surface area (Å²) in [4.78, 5) is 2.39. The second-order valence-corrected chi connectivity index (χ2v) is 5.07. The third-order valence-corrected chi connectivity index (χ3v) is 3.85. The molecule has 1 heteroatoms. The van der Waals surface area contributed by atoms with Crippen LogP contribution in [0.15, 0.2) is 72.8 Å². The van der Waals surface area contributed by atoms with Crippen molar-refractivity contribution < 1.29 is 0 Å². The predicted octanol–water partition coefficient (Wildman–Crippen LogP) is 5.00. The Labute approximate surface area is 118 Å². The van der Waals surface area contributed by atoms with Gasteiger partial charge in [-0.2, -0.15) is 0 Å². The van der Waals surface area contributed by atoms with Gasteiger partial charge in [-0.3, -0.25) is 0 Å². The number of hydrogen-bond donors (Lipinski definition) is 0. The Morgan fingerprint density at radius 1 is 0.750 bits per heavy atom. The van der Waals surface area contributed by atoms with E-state index < -0.39 is 0 Å². The second kappa shape index (κ2) is 4.53. The molecule has 0 spiro atoms. The van der Waals surface area contributed by atoms with Crippen molar-refractivity contribution >= 4 is 28.2 Å². The predicted molar refractivity (Wildman–Crippen MR) is 86.4 cm³/mol. The second-order valence-electron chi connectivity index (χ2n) is 5.07. The summed E-state index contributed by atoms with van der Waals surface area (Å²) in [6.07, 6.45) is 4.45. The van der Waals surface area contributed by atoms with Crippen LogP contribution in [0.25, 0.3) is 16.8 Å². The van der Waals surface area contributed by atoms with Gasteiger partial charge in [-0.05, 0) is 23.1 Å². The van der Waals surface area contributed by atoms with E-state index in [1.54, 1.807) is 0 Å². The minimum absolute atomic E-state index is 0.922. The molecule has 1 aliphatic rings. The Bertz CT molecular complexity index is 787. The number of fused-ring (bicyclic) bond motifs is 3. The fourth-order valence-corrected chi connectivity index (χ4v) is 2.93. The smallest absolute Gasteiger partial charge is 0.0566 e. The van der Waals surface area contributed by atoms with Crippen LogP contribution in [0.5, 0.6) is 0 Å². The third kappa shape index (κ3) is 1.71. The molecular formula is C19H15N. The van der Waals surface area contributed by atoms with Crippen molar-refractivity contribution in [2.75, 3.05) is 11.4 Å². The number of benzene rings is 3. The number of para-hydroxylation sites is 1. The van der Waals surface area contributed by atoms with Crippen molar-refractivity contribution in [2.45, 2.75) is 0 Å². The van der Waals surface area contributed by atoms with Gasteiger partial charge in [0.15, 0.2) is 0 Å². The minimum Gasteiger partial charge on any atom is -0.337 e. The van der Waals surface area contributed by atoms with Gasteiger partial charge >= 0.3 is 0 Å². The summed E-state index contributed by atoms with van der Waals surface area (Å²) in [6, 6.07) is 23.6. The van der Waals surface area contributed by atoms with Gasteiger partial charge in [-0.25, -0.2) is 0 Å². The van der Waals surface area contributed by atoms with E-state index in [9.17, 15) is 0 Å². The van der Waals surface area contributed by atoms with Crippen LogP contribution < -0.4 is 4.90 Å². The highest BCUT2D eigenvalue weighted by atomic mass is 15.1. The molecule has 0 radical (unpaired) electrons. The first-order valence-electron chi connectivity index (χ1n) is 6.94. The van der Waals surface area contributed by atoms with Crippen LogP contribution in [0.3, 0.4) is 0 Å². The summed E-state index contributed by atoms with van der Waals surface area (Å²) in [5.41, 5.74) is 3.85. The SMILES string of the molecule is C1=Cc2ccc3ccccc3c2N(c2ccccc2)C1. The van der Waals surface area contributed by atoms with Crippen molar-refractivity contribution in [3.63, 3.8) is 0 Å². The van der Waals surface area contributed by atoms with Gasteiger partial charge < -0.3 is 4.90 Å². The summed E-state index contributed by atoms with van der Waals surface area (Å²) in [6.45, 7) is 0.922. The average molecular weight is 257 g/mol. The lowest BCUT2D eigenvalue weighted by molar-refractivity contribution is 1.09. The van der Waals surface area contributed by atoms with Gasteiger partial charge in [-0.15, -0.1) is 0 Å². The molecule has 0 unspecified atom stereocenters. The molecule has 96 valence electrons. The van der Waals surface area contributed by atoms with E-state index in [1.165, 1.54) is 27.7 Å². The molecule has 1 aliphatic heterocycles. The number of nitrogens with zero attached hydrogens (tertiary/aromatic N) is 1. The van der Waals surface area contributed by atoms with Gasteiger partial charge in [0.05, 0.1) is 5.69 Å². The molecule has 3 aromatic carbocycles. The molecule has 1 nitrogen and oxygen atoms in total. The first-order chi connectivity index (χ1) is 9.93. The van der Waals surface area contributed by atoms with E-state index in [0.29, 0.717) is 0 Å². The Kier molecular flexibility index (Phi) is 2.56. The molecule has 0 saturated heterocycles. The summed E-state index contributed by atoms with van der Waals surface area (Å²) in [5.74, 6) is 0. The van der Waals surface area contributed by atoms with Crippen LogP contribution in [0.1, 0.15) is 5.56 Å². The molecule has 0 atom stereocenters. The van der Waals surface area contributed by atoms with Crippen LogP contribution in [-0.4, -0.2) is 6.54 Å². The van der Waals surface area contributed by atoms with Crippen LogP contribution in [0.2, 0.25) is 0 Å². The topological polar surface area (TPSA) is 3.24 Å². The number of hydrogen-bond acceptors (Lipinski definition) is 1. The van der Waals surface area contributed by atoms with Gasteiger partial charge in [-0.1, -0.05) is 66.7 Å². The molecule has 0 saturated carbocycles. The summed E-state index contributed by atoms with van der Waals surface area (Å²) < 4.78 is 0.